The quantitative estimate of drug-likeness (QED) is 0.655. The second kappa shape index (κ2) is 7.10. The number of aliphatic carboxylic acids is 1. The van der Waals surface area contributed by atoms with Crippen LogP contribution in [0.3, 0.4) is 0 Å². The van der Waals surface area contributed by atoms with E-state index in [4.69, 9.17) is 15.1 Å². The summed E-state index contributed by atoms with van der Waals surface area (Å²) in [7, 11) is 3.13. The van der Waals surface area contributed by atoms with Crippen LogP contribution in [-0.2, 0) is 9.59 Å². The lowest BCUT2D eigenvalue weighted by atomic mass is 10.1. The second-order valence-corrected chi connectivity index (χ2v) is 4.54. The predicted molar refractivity (Wildman–Crippen MR) is 76.5 cm³/mol. The van der Waals surface area contributed by atoms with Crippen molar-refractivity contribution in [1.82, 2.24) is 4.90 Å². The molecule has 0 aliphatic heterocycles. The molecule has 0 saturated carbocycles. The lowest BCUT2D eigenvalue weighted by Gasteiger charge is -2.10. The molecule has 0 unspecified atom stereocenters. The molecule has 0 aromatic heterocycles. The van der Waals surface area contributed by atoms with Gasteiger partial charge in [-0.3, -0.25) is 4.79 Å². The van der Waals surface area contributed by atoms with Crippen molar-refractivity contribution >= 4 is 18.0 Å². The zero-order valence-electron chi connectivity index (χ0n) is 12.0. The number of hydrogen-bond acceptors (Lipinski definition) is 4. The first-order chi connectivity index (χ1) is 9.85. The molecule has 1 aromatic carbocycles. The van der Waals surface area contributed by atoms with Crippen LogP contribution in [0.25, 0.3) is 6.08 Å². The first-order valence-electron chi connectivity index (χ1n) is 6.18. The zero-order valence-corrected chi connectivity index (χ0v) is 12.0. The molecule has 21 heavy (non-hydrogen) atoms. The average molecular weight is 288 g/mol. The molecule has 6 heteroatoms. The van der Waals surface area contributed by atoms with E-state index < -0.39 is 12.1 Å². The van der Waals surface area contributed by atoms with Gasteiger partial charge in [0, 0.05) is 14.1 Å². The fourth-order valence-corrected chi connectivity index (χ4v) is 1.45. The number of benzene rings is 1. The normalized spacial score (nSPS) is 12.2. The molecule has 1 amide bonds. The molecule has 0 aliphatic carbocycles. The van der Waals surface area contributed by atoms with Gasteiger partial charge in [-0.15, -0.1) is 0 Å². The zero-order chi connectivity index (χ0) is 16.0. The number of carboxylic acids is 1. The van der Waals surface area contributed by atoms with E-state index in [1.807, 2.05) is 6.07 Å². The molecular weight excluding hydrogens is 272 g/mol. The van der Waals surface area contributed by atoms with Crippen LogP contribution in [0, 0.1) is 11.3 Å². The molecule has 110 valence electrons. The van der Waals surface area contributed by atoms with Crippen molar-refractivity contribution in [3.8, 4) is 11.8 Å². The van der Waals surface area contributed by atoms with E-state index in [0.29, 0.717) is 11.3 Å². The summed E-state index contributed by atoms with van der Waals surface area (Å²) < 4.78 is 5.19. The number of amides is 1. The van der Waals surface area contributed by atoms with E-state index in [1.165, 1.54) is 17.9 Å². The fraction of sp³-hybridized carbons (Fsp3) is 0.267. The maximum atomic E-state index is 11.7. The number of nitriles is 1. The molecule has 0 spiro atoms. The standard InChI is InChI=1S/C15H16N2O4/c1-10(15(19)20)21-13-6-4-11(5-7-13)8-12(9-16)14(18)17(2)3/h4-8,10H,1-3H3,(H,19,20)/b12-8-/t10-/m1/s1. The number of hydrogen-bond donors (Lipinski definition) is 1. The van der Waals surface area contributed by atoms with Crippen molar-refractivity contribution in [1.29, 1.82) is 5.26 Å². The van der Waals surface area contributed by atoms with Gasteiger partial charge in [-0.1, -0.05) is 12.1 Å². The summed E-state index contributed by atoms with van der Waals surface area (Å²) in [5.41, 5.74) is 0.671. The summed E-state index contributed by atoms with van der Waals surface area (Å²) in [6.45, 7) is 1.43. The Bertz CT molecular complexity index is 597. The summed E-state index contributed by atoms with van der Waals surface area (Å²) in [6, 6.07) is 8.31. The summed E-state index contributed by atoms with van der Waals surface area (Å²) in [4.78, 5) is 23.7. The minimum atomic E-state index is -1.05. The molecule has 0 heterocycles. The molecule has 0 fully saturated rings. The van der Waals surface area contributed by atoms with E-state index in [-0.39, 0.29) is 11.5 Å². The van der Waals surface area contributed by atoms with Gasteiger partial charge in [-0.05, 0) is 30.7 Å². The molecule has 0 radical (unpaired) electrons. The van der Waals surface area contributed by atoms with Gasteiger partial charge in [-0.25, -0.2) is 4.79 Å². The van der Waals surface area contributed by atoms with Crippen molar-refractivity contribution < 1.29 is 19.4 Å². The number of carboxylic acid groups (broad SMARTS) is 1. The van der Waals surface area contributed by atoms with E-state index in [1.54, 1.807) is 38.4 Å². The Morgan fingerprint density at radius 2 is 1.90 bits per heavy atom. The fourth-order valence-electron chi connectivity index (χ4n) is 1.45. The van der Waals surface area contributed by atoms with Gasteiger partial charge >= 0.3 is 5.97 Å². The number of ether oxygens (including phenoxy) is 1. The number of carbonyl (C=O) groups is 2. The molecule has 0 saturated heterocycles. The van der Waals surface area contributed by atoms with E-state index >= 15 is 0 Å². The highest BCUT2D eigenvalue weighted by atomic mass is 16.5. The Hall–Kier alpha value is -2.81. The maximum absolute atomic E-state index is 11.7. The molecular formula is C15H16N2O4. The molecule has 0 bridgehead atoms. The molecule has 1 aromatic rings. The molecule has 6 nitrogen and oxygen atoms in total. The highest BCUT2D eigenvalue weighted by Gasteiger charge is 2.13. The van der Waals surface area contributed by atoms with Crippen LogP contribution in [0.15, 0.2) is 29.8 Å². The van der Waals surface area contributed by atoms with Crippen LogP contribution in [0.1, 0.15) is 12.5 Å². The second-order valence-electron chi connectivity index (χ2n) is 4.54. The smallest absolute Gasteiger partial charge is 0.344 e. The van der Waals surface area contributed by atoms with Crippen molar-refractivity contribution in [3.05, 3.63) is 35.4 Å². The third-order valence-corrected chi connectivity index (χ3v) is 2.61. The topological polar surface area (TPSA) is 90.6 Å². The SMILES string of the molecule is C[C@@H](Oc1ccc(/C=C(/C#N)C(=O)N(C)C)cc1)C(=O)O. The first-order valence-corrected chi connectivity index (χ1v) is 6.18. The summed E-state index contributed by atoms with van der Waals surface area (Å²) >= 11 is 0. The van der Waals surface area contributed by atoms with E-state index in [2.05, 4.69) is 0 Å². The number of carbonyl (C=O) groups excluding carboxylic acids is 1. The Labute approximate surface area is 122 Å². The largest absolute Gasteiger partial charge is 0.479 e. The highest BCUT2D eigenvalue weighted by Crippen LogP contribution is 2.16. The van der Waals surface area contributed by atoms with Crippen LogP contribution >= 0.6 is 0 Å². The van der Waals surface area contributed by atoms with Crippen LogP contribution in [0.5, 0.6) is 5.75 Å². The minimum absolute atomic E-state index is 0.0209. The monoisotopic (exact) mass is 288 g/mol. The van der Waals surface area contributed by atoms with Gasteiger partial charge in [0.25, 0.3) is 5.91 Å². The minimum Gasteiger partial charge on any atom is -0.479 e. The summed E-state index contributed by atoms with van der Waals surface area (Å²) in [5, 5.41) is 17.7. The highest BCUT2D eigenvalue weighted by molar-refractivity contribution is 6.01. The Morgan fingerprint density at radius 1 is 1.33 bits per heavy atom. The number of nitrogens with zero attached hydrogens (tertiary/aromatic N) is 2. The number of rotatable bonds is 5. The predicted octanol–water partition coefficient (Wildman–Crippen LogP) is 1.53. The average Bonchev–Trinajstić information content (AvgIpc) is 2.45. The van der Waals surface area contributed by atoms with Crippen molar-refractivity contribution in [2.24, 2.45) is 0 Å². The molecule has 1 rings (SSSR count). The van der Waals surface area contributed by atoms with Crippen molar-refractivity contribution in [2.75, 3.05) is 14.1 Å². The van der Waals surface area contributed by atoms with E-state index in [9.17, 15) is 9.59 Å². The lowest BCUT2D eigenvalue weighted by molar-refractivity contribution is -0.144. The Kier molecular flexibility index (Phi) is 5.49. The van der Waals surface area contributed by atoms with Crippen molar-refractivity contribution in [3.63, 3.8) is 0 Å². The van der Waals surface area contributed by atoms with Crippen LogP contribution < -0.4 is 4.74 Å². The third kappa shape index (κ3) is 4.66. The van der Waals surface area contributed by atoms with Gasteiger partial charge in [0.2, 0.25) is 0 Å². The van der Waals surface area contributed by atoms with Crippen LogP contribution in [0.2, 0.25) is 0 Å². The molecule has 1 atom stereocenters. The third-order valence-electron chi connectivity index (χ3n) is 2.61. The van der Waals surface area contributed by atoms with Crippen LogP contribution in [-0.4, -0.2) is 42.1 Å². The van der Waals surface area contributed by atoms with Gasteiger partial charge in [0.05, 0.1) is 0 Å². The van der Waals surface area contributed by atoms with Crippen molar-refractivity contribution in [2.45, 2.75) is 13.0 Å². The summed E-state index contributed by atoms with van der Waals surface area (Å²) in [5.74, 6) is -1.03. The Morgan fingerprint density at radius 3 is 2.33 bits per heavy atom. The van der Waals surface area contributed by atoms with Gasteiger partial charge in [0.1, 0.15) is 17.4 Å². The maximum Gasteiger partial charge on any atom is 0.344 e. The molecule has 0 aliphatic rings. The van der Waals surface area contributed by atoms with Gasteiger partial charge in [-0.2, -0.15) is 5.26 Å². The summed E-state index contributed by atoms with van der Waals surface area (Å²) in [6.07, 6.45) is 0.517. The lowest BCUT2D eigenvalue weighted by Crippen LogP contribution is -2.23. The van der Waals surface area contributed by atoms with Gasteiger partial charge < -0.3 is 14.7 Å². The molecule has 1 N–H and O–H groups in total. The first kappa shape index (κ1) is 16.2. The number of likely N-dealkylation sites (N-methyl/N-ethyl adjacent to an activating group) is 1. The van der Waals surface area contributed by atoms with Crippen LogP contribution in [0.4, 0.5) is 0 Å². The Balaban J connectivity index is 2.90. The van der Waals surface area contributed by atoms with Gasteiger partial charge in [0.15, 0.2) is 6.10 Å². The van der Waals surface area contributed by atoms with E-state index in [0.717, 1.165) is 0 Å².